The molecule has 25 heavy (non-hydrogen) atoms. The Hall–Kier alpha value is -2.83. The van der Waals surface area contributed by atoms with Crippen LogP contribution in [0.15, 0.2) is 42.5 Å². The molecule has 0 radical (unpaired) electrons. The molecule has 0 saturated carbocycles. The Balaban J connectivity index is 1.66. The smallest absolute Gasteiger partial charge is 0.387 e. The van der Waals surface area contributed by atoms with Crippen molar-refractivity contribution in [2.75, 3.05) is 13.2 Å². The zero-order chi connectivity index (χ0) is 17.8. The molecule has 0 spiro atoms. The van der Waals surface area contributed by atoms with Gasteiger partial charge in [-0.15, -0.1) is 0 Å². The first-order valence-electron chi connectivity index (χ1n) is 7.78. The molecule has 1 unspecified atom stereocenters. The van der Waals surface area contributed by atoms with Crippen LogP contribution in [0.3, 0.4) is 0 Å². The third-order valence-electron chi connectivity index (χ3n) is 3.76. The standard InChI is InChI=1S/C18H17F2NO4/c1-11(12-2-5-14(6-3-12)25-18(19)20)21-17(22)13-4-7-15-16(10-13)24-9-8-23-15/h2-7,10-11,18H,8-9H2,1H3,(H,21,22). The number of fused-ring (bicyclic) bond motifs is 1. The van der Waals surface area contributed by atoms with Crippen molar-refractivity contribution >= 4 is 5.91 Å². The number of rotatable bonds is 5. The molecule has 5 nitrogen and oxygen atoms in total. The first-order chi connectivity index (χ1) is 12.0. The Bertz CT molecular complexity index is 749. The zero-order valence-corrected chi connectivity index (χ0v) is 13.5. The summed E-state index contributed by atoms with van der Waals surface area (Å²) in [5.41, 5.74) is 1.22. The Labute approximate surface area is 143 Å². The average molecular weight is 349 g/mol. The van der Waals surface area contributed by atoms with Crippen LogP contribution >= 0.6 is 0 Å². The number of benzene rings is 2. The lowest BCUT2D eigenvalue weighted by atomic mass is 10.1. The van der Waals surface area contributed by atoms with Gasteiger partial charge >= 0.3 is 6.61 Å². The molecule has 3 rings (SSSR count). The topological polar surface area (TPSA) is 56.8 Å². The highest BCUT2D eigenvalue weighted by molar-refractivity contribution is 5.95. The fourth-order valence-electron chi connectivity index (χ4n) is 2.49. The van der Waals surface area contributed by atoms with E-state index in [-0.39, 0.29) is 17.7 Å². The fourth-order valence-corrected chi connectivity index (χ4v) is 2.49. The van der Waals surface area contributed by atoms with Crippen LogP contribution in [0, 0.1) is 0 Å². The first kappa shape index (κ1) is 17.0. The molecule has 1 N–H and O–H groups in total. The normalized spacial score (nSPS) is 14.1. The molecule has 1 aliphatic heterocycles. The summed E-state index contributed by atoms with van der Waals surface area (Å²) in [5, 5.41) is 2.86. The maximum Gasteiger partial charge on any atom is 0.387 e. The van der Waals surface area contributed by atoms with Crippen molar-refractivity contribution in [1.82, 2.24) is 5.32 Å². The van der Waals surface area contributed by atoms with Crippen molar-refractivity contribution < 1.29 is 27.8 Å². The predicted molar refractivity (Wildman–Crippen MR) is 86.4 cm³/mol. The summed E-state index contributed by atoms with van der Waals surface area (Å²) in [6, 6.07) is 10.8. The number of carbonyl (C=O) groups excluding carboxylic acids is 1. The van der Waals surface area contributed by atoms with E-state index >= 15 is 0 Å². The number of halogens is 2. The lowest BCUT2D eigenvalue weighted by Crippen LogP contribution is -2.27. The molecule has 1 atom stereocenters. The molecule has 0 aliphatic carbocycles. The summed E-state index contributed by atoms with van der Waals surface area (Å²) in [6.45, 7) is -0.125. The van der Waals surface area contributed by atoms with Gasteiger partial charge in [-0.05, 0) is 42.8 Å². The summed E-state index contributed by atoms with van der Waals surface area (Å²) in [4.78, 5) is 12.4. The second-order valence-electron chi connectivity index (χ2n) is 5.50. The summed E-state index contributed by atoms with van der Waals surface area (Å²) in [6.07, 6.45) is 0. The number of nitrogens with one attached hydrogen (secondary N) is 1. The van der Waals surface area contributed by atoms with Crippen LogP contribution < -0.4 is 19.5 Å². The minimum absolute atomic E-state index is 0.0733. The maximum absolute atomic E-state index is 12.4. The first-order valence-corrected chi connectivity index (χ1v) is 7.78. The van der Waals surface area contributed by atoms with E-state index in [9.17, 15) is 13.6 Å². The van der Waals surface area contributed by atoms with Gasteiger partial charge in [0.1, 0.15) is 19.0 Å². The van der Waals surface area contributed by atoms with Gasteiger partial charge in [0.25, 0.3) is 5.91 Å². The second kappa shape index (κ2) is 7.38. The third-order valence-corrected chi connectivity index (χ3v) is 3.76. The summed E-state index contributed by atoms with van der Waals surface area (Å²) in [7, 11) is 0. The molecular formula is C18H17F2NO4. The highest BCUT2D eigenvalue weighted by atomic mass is 19.3. The van der Waals surface area contributed by atoms with Crippen molar-refractivity contribution in [3.63, 3.8) is 0 Å². The van der Waals surface area contributed by atoms with Crippen LogP contribution in [0.25, 0.3) is 0 Å². The van der Waals surface area contributed by atoms with Crippen molar-refractivity contribution in [2.45, 2.75) is 19.6 Å². The molecule has 0 saturated heterocycles. The quantitative estimate of drug-likeness (QED) is 0.897. The Kier molecular flexibility index (Phi) is 5.02. The third kappa shape index (κ3) is 4.17. The van der Waals surface area contributed by atoms with Gasteiger partial charge in [-0.2, -0.15) is 8.78 Å². The summed E-state index contributed by atoms with van der Waals surface area (Å²) in [5.74, 6) is 0.965. The van der Waals surface area contributed by atoms with Crippen LogP contribution in [0.5, 0.6) is 17.2 Å². The van der Waals surface area contributed by atoms with Gasteiger partial charge in [0.15, 0.2) is 11.5 Å². The lowest BCUT2D eigenvalue weighted by Gasteiger charge is -2.19. The van der Waals surface area contributed by atoms with E-state index < -0.39 is 6.61 Å². The highest BCUT2D eigenvalue weighted by Gasteiger charge is 2.17. The van der Waals surface area contributed by atoms with Crippen LogP contribution in [-0.2, 0) is 0 Å². The highest BCUT2D eigenvalue weighted by Crippen LogP contribution is 2.31. The number of amides is 1. The minimum atomic E-state index is -2.86. The van der Waals surface area contributed by atoms with Gasteiger partial charge in [0.2, 0.25) is 0 Å². The van der Waals surface area contributed by atoms with Crippen LogP contribution in [0.2, 0.25) is 0 Å². The predicted octanol–water partition coefficient (Wildman–Crippen LogP) is 3.55. The van der Waals surface area contributed by atoms with Crippen molar-refractivity contribution in [3.05, 3.63) is 53.6 Å². The SMILES string of the molecule is CC(NC(=O)c1ccc2c(c1)OCCO2)c1ccc(OC(F)F)cc1. The van der Waals surface area contributed by atoms with Gasteiger partial charge in [-0.3, -0.25) is 4.79 Å². The van der Waals surface area contributed by atoms with E-state index in [1.54, 1.807) is 37.3 Å². The molecule has 7 heteroatoms. The fraction of sp³-hybridized carbons (Fsp3) is 0.278. The van der Waals surface area contributed by atoms with Crippen molar-refractivity contribution in [1.29, 1.82) is 0 Å². The molecule has 0 aromatic heterocycles. The van der Waals surface area contributed by atoms with Crippen LogP contribution in [0.1, 0.15) is 28.9 Å². The summed E-state index contributed by atoms with van der Waals surface area (Å²) >= 11 is 0. The lowest BCUT2D eigenvalue weighted by molar-refractivity contribution is -0.0498. The van der Waals surface area contributed by atoms with Gasteiger partial charge in [0.05, 0.1) is 6.04 Å². The van der Waals surface area contributed by atoms with Gasteiger partial charge in [-0.25, -0.2) is 0 Å². The molecule has 1 amide bonds. The number of ether oxygens (including phenoxy) is 3. The molecular weight excluding hydrogens is 332 g/mol. The Morgan fingerprint density at radius 1 is 1.08 bits per heavy atom. The molecule has 1 heterocycles. The zero-order valence-electron chi connectivity index (χ0n) is 13.5. The van der Waals surface area contributed by atoms with E-state index in [2.05, 4.69) is 10.1 Å². The Morgan fingerprint density at radius 2 is 1.76 bits per heavy atom. The minimum Gasteiger partial charge on any atom is -0.486 e. The van der Waals surface area contributed by atoms with Crippen LogP contribution in [-0.4, -0.2) is 25.7 Å². The number of carbonyl (C=O) groups is 1. The number of alkyl halides is 2. The number of hydrogen-bond acceptors (Lipinski definition) is 4. The monoisotopic (exact) mass is 349 g/mol. The molecule has 2 aromatic carbocycles. The van der Waals surface area contributed by atoms with E-state index in [0.717, 1.165) is 5.56 Å². The average Bonchev–Trinajstić information content (AvgIpc) is 2.61. The maximum atomic E-state index is 12.4. The second-order valence-corrected chi connectivity index (χ2v) is 5.50. The van der Waals surface area contributed by atoms with Gasteiger partial charge in [0, 0.05) is 5.56 Å². The van der Waals surface area contributed by atoms with Gasteiger partial charge < -0.3 is 19.5 Å². The number of hydrogen-bond donors (Lipinski definition) is 1. The molecule has 2 aromatic rings. The molecule has 1 aliphatic rings. The van der Waals surface area contributed by atoms with E-state index in [4.69, 9.17) is 9.47 Å². The van der Waals surface area contributed by atoms with E-state index in [1.165, 1.54) is 12.1 Å². The van der Waals surface area contributed by atoms with Crippen molar-refractivity contribution in [3.8, 4) is 17.2 Å². The van der Waals surface area contributed by atoms with Crippen LogP contribution in [0.4, 0.5) is 8.78 Å². The van der Waals surface area contributed by atoms with Crippen molar-refractivity contribution in [2.24, 2.45) is 0 Å². The van der Waals surface area contributed by atoms with E-state index in [0.29, 0.717) is 30.3 Å². The Morgan fingerprint density at radius 3 is 2.44 bits per heavy atom. The molecule has 0 fully saturated rings. The largest absolute Gasteiger partial charge is 0.486 e. The molecule has 132 valence electrons. The molecule has 0 bridgehead atoms. The van der Waals surface area contributed by atoms with Gasteiger partial charge in [-0.1, -0.05) is 12.1 Å². The summed E-state index contributed by atoms with van der Waals surface area (Å²) < 4.78 is 39.5. The van der Waals surface area contributed by atoms with E-state index in [1.807, 2.05) is 0 Å².